The van der Waals surface area contributed by atoms with E-state index >= 15 is 0 Å². The molecule has 1 amide bonds. The SMILES string of the molecule is COC(=O)CNCC(C)C(N)=O. The van der Waals surface area contributed by atoms with Gasteiger partial charge in [-0.2, -0.15) is 0 Å². The van der Waals surface area contributed by atoms with Crippen LogP contribution in [-0.2, 0) is 14.3 Å². The maximum absolute atomic E-state index is 10.6. The highest BCUT2D eigenvalue weighted by Gasteiger charge is 2.08. The number of carbonyl (C=O) groups excluding carboxylic acids is 2. The molecule has 0 aliphatic carbocycles. The topological polar surface area (TPSA) is 81.4 Å². The molecule has 70 valence electrons. The predicted molar refractivity (Wildman–Crippen MR) is 43.2 cm³/mol. The molecule has 1 atom stereocenters. The highest BCUT2D eigenvalue weighted by Crippen LogP contribution is 1.88. The Bertz CT molecular complexity index is 170. The molecule has 12 heavy (non-hydrogen) atoms. The maximum atomic E-state index is 10.6. The molecule has 0 radical (unpaired) electrons. The molecule has 0 aromatic rings. The fraction of sp³-hybridized carbons (Fsp3) is 0.714. The van der Waals surface area contributed by atoms with Gasteiger partial charge in [-0.3, -0.25) is 9.59 Å². The molecule has 0 heterocycles. The van der Waals surface area contributed by atoms with Crippen molar-refractivity contribution in [3.05, 3.63) is 0 Å². The highest BCUT2D eigenvalue weighted by atomic mass is 16.5. The standard InChI is InChI=1S/C7H14N2O3/c1-5(7(8)11)3-9-4-6(10)12-2/h5,9H,3-4H2,1-2H3,(H2,8,11). The van der Waals surface area contributed by atoms with Crippen molar-refractivity contribution in [1.29, 1.82) is 0 Å². The number of hydrogen-bond acceptors (Lipinski definition) is 4. The molecule has 5 nitrogen and oxygen atoms in total. The van der Waals surface area contributed by atoms with Crippen LogP contribution in [0.3, 0.4) is 0 Å². The zero-order valence-electron chi connectivity index (χ0n) is 7.29. The highest BCUT2D eigenvalue weighted by molar-refractivity contribution is 5.76. The van der Waals surface area contributed by atoms with Gasteiger partial charge in [-0.05, 0) is 0 Å². The second kappa shape index (κ2) is 5.54. The molecular formula is C7H14N2O3. The van der Waals surface area contributed by atoms with Gasteiger partial charge in [0.15, 0.2) is 0 Å². The van der Waals surface area contributed by atoms with Gasteiger partial charge in [0.25, 0.3) is 0 Å². The Kier molecular flexibility index (Phi) is 5.03. The fourth-order valence-electron chi connectivity index (χ4n) is 0.563. The van der Waals surface area contributed by atoms with Crippen molar-refractivity contribution < 1.29 is 14.3 Å². The summed E-state index contributed by atoms with van der Waals surface area (Å²) in [6, 6.07) is 0. The zero-order valence-corrected chi connectivity index (χ0v) is 7.29. The Morgan fingerprint density at radius 2 is 2.17 bits per heavy atom. The Morgan fingerprint density at radius 1 is 1.58 bits per heavy atom. The van der Waals surface area contributed by atoms with Gasteiger partial charge < -0.3 is 15.8 Å². The van der Waals surface area contributed by atoms with Crippen molar-refractivity contribution in [2.75, 3.05) is 20.2 Å². The van der Waals surface area contributed by atoms with Crippen LogP contribution in [0, 0.1) is 5.92 Å². The molecule has 0 aromatic heterocycles. The first-order valence-corrected chi connectivity index (χ1v) is 3.64. The maximum Gasteiger partial charge on any atom is 0.319 e. The van der Waals surface area contributed by atoms with E-state index in [1.807, 2.05) is 0 Å². The summed E-state index contributed by atoms with van der Waals surface area (Å²) in [5, 5.41) is 2.74. The first-order valence-electron chi connectivity index (χ1n) is 3.64. The Labute approximate surface area is 71.3 Å². The first-order chi connectivity index (χ1) is 5.57. The van der Waals surface area contributed by atoms with Crippen LogP contribution in [0.15, 0.2) is 0 Å². The summed E-state index contributed by atoms with van der Waals surface area (Å²) in [4.78, 5) is 21.1. The van der Waals surface area contributed by atoms with Gasteiger partial charge in [-0.1, -0.05) is 6.92 Å². The quantitative estimate of drug-likeness (QED) is 0.517. The number of amides is 1. The summed E-state index contributed by atoms with van der Waals surface area (Å²) in [6.45, 7) is 2.19. The minimum absolute atomic E-state index is 0.105. The van der Waals surface area contributed by atoms with E-state index in [-0.39, 0.29) is 24.3 Å². The molecule has 0 spiro atoms. The number of ether oxygens (including phenoxy) is 1. The van der Waals surface area contributed by atoms with Crippen LogP contribution >= 0.6 is 0 Å². The van der Waals surface area contributed by atoms with E-state index in [0.717, 1.165) is 0 Å². The molecule has 1 unspecified atom stereocenters. The third-order valence-corrected chi connectivity index (χ3v) is 1.43. The van der Waals surface area contributed by atoms with Crippen molar-refractivity contribution in [3.63, 3.8) is 0 Å². The molecule has 0 fully saturated rings. The summed E-state index contributed by atoms with van der Waals surface area (Å²) in [5.74, 6) is -1.01. The molecule has 0 bridgehead atoms. The second-order valence-corrected chi connectivity index (χ2v) is 2.51. The summed E-state index contributed by atoms with van der Waals surface area (Å²) in [7, 11) is 1.31. The van der Waals surface area contributed by atoms with E-state index in [1.165, 1.54) is 7.11 Å². The van der Waals surface area contributed by atoms with Gasteiger partial charge in [0.05, 0.1) is 13.7 Å². The lowest BCUT2D eigenvalue weighted by Crippen LogP contribution is -2.34. The molecule has 0 aliphatic rings. The van der Waals surface area contributed by atoms with Gasteiger partial charge in [0, 0.05) is 12.5 Å². The Balaban J connectivity index is 3.43. The lowest BCUT2D eigenvalue weighted by atomic mass is 10.2. The fourth-order valence-corrected chi connectivity index (χ4v) is 0.563. The minimum atomic E-state index is -0.382. The molecule has 0 rings (SSSR count). The van der Waals surface area contributed by atoms with Gasteiger partial charge >= 0.3 is 5.97 Å². The predicted octanol–water partition coefficient (Wildman–Crippen LogP) is -1.13. The second-order valence-electron chi connectivity index (χ2n) is 2.51. The van der Waals surface area contributed by atoms with Gasteiger partial charge in [0.1, 0.15) is 0 Å². The number of nitrogens with two attached hydrogens (primary N) is 1. The van der Waals surface area contributed by atoms with E-state index in [9.17, 15) is 9.59 Å². The largest absolute Gasteiger partial charge is 0.468 e. The first kappa shape index (κ1) is 10.9. The minimum Gasteiger partial charge on any atom is -0.468 e. The molecule has 0 saturated heterocycles. The summed E-state index contributed by atoms with van der Waals surface area (Å²) < 4.78 is 4.37. The lowest BCUT2D eigenvalue weighted by molar-refractivity contribution is -0.139. The monoisotopic (exact) mass is 174 g/mol. The van der Waals surface area contributed by atoms with Crippen molar-refractivity contribution >= 4 is 11.9 Å². The zero-order chi connectivity index (χ0) is 9.56. The lowest BCUT2D eigenvalue weighted by Gasteiger charge is -2.07. The third-order valence-electron chi connectivity index (χ3n) is 1.43. The van der Waals surface area contributed by atoms with Crippen LogP contribution in [-0.4, -0.2) is 32.1 Å². The number of hydrogen-bond donors (Lipinski definition) is 2. The Hall–Kier alpha value is -1.10. The van der Waals surface area contributed by atoms with Crippen molar-refractivity contribution in [3.8, 4) is 0 Å². The third kappa shape index (κ3) is 4.68. The summed E-state index contributed by atoms with van der Waals surface area (Å²) in [5.41, 5.74) is 4.99. The van der Waals surface area contributed by atoms with E-state index in [2.05, 4.69) is 10.1 Å². The number of esters is 1. The van der Waals surface area contributed by atoms with Gasteiger partial charge in [-0.25, -0.2) is 0 Å². The van der Waals surface area contributed by atoms with Crippen LogP contribution in [0.4, 0.5) is 0 Å². The van der Waals surface area contributed by atoms with Crippen LogP contribution < -0.4 is 11.1 Å². The average Bonchev–Trinajstić information content (AvgIpc) is 2.03. The number of carbonyl (C=O) groups is 2. The molecular weight excluding hydrogens is 160 g/mol. The number of nitrogens with one attached hydrogen (secondary N) is 1. The molecule has 0 aromatic carbocycles. The molecule has 0 aliphatic heterocycles. The normalized spacial score (nSPS) is 12.2. The summed E-state index contributed by atoms with van der Waals surface area (Å²) >= 11 is 0. The van der Waals surface area contributed by atoms with Crippen LogP contribution in [0.5, 0.6) is 0 Å². The van der Waals surface area contributed by atoms with Gasteiger partial charge in [0.2, 0.25) is 5.91 Å². The van der Waals surface area contributed by atoms with Crippen molar-refractivity contribution in [1.82, 2.24) is 5.32 Å². The van der Waals surface area contributed by atoms with E-state index in [4.69, 9.17) is 5.73 Å². The van der Waals surface area contributed by atoms with Crippen LogP contribution in [0.25, 0.3) is 0 Å². The molecule has 0 saturated carbocycles. The van der Waals surface area contributed by atoms with E-state index in [0.29, 0.717) is 6.54 Å². The average molecular weight is 174 g/mol. The molecule has 5 heteroatoms. The van der Waals surface area contributed by atoms with Crippen molar-refractivity contribution in [2.45, 2.75) is 6.92 Å². The van der Waals surface area contributed by atoms with Crippen LogP contribution in [0.1, 0.15) is 6.92 Å². The smallest absolute Gasteiger partial charge is 0.319 e. The number of rotatable bonds is 5. The summed E-state index contributed by atoms with van der Waals surface area (Å²) in [6.07, 6.45) is 0. The Morgan fingerprint density at radius 3 is 2.58 bits per heavy atom. The van der Waals surface area contributed by atoms with Gasteiger partial charge in [-0.15, -0.1) is 0 Å². The van der Waals surface area contributed by atoms with E-state index in [1.54, 1.807) is 6.92 Å². The number of primary amides is 1. The van der Waals surface area contributed by atoms with Crippen molar-refractivity contribution in [2.24, 2.45) is 11.7 Å². The van der Waals surface area contributed by atoms with Crippen LogP contribution in [0.2, 0.25) is 0 Å². The molecule has 3 N–H and O–H groups in total. The van der Waals surface area contributed by atoms with E-state index < -0.39 is 0 Å². The number of methoxy groups -OCH3 is 1.